The summed E-state index contributed by atoms with van der Waals surface area (Å²) in [6.45, 7) is 4.72. The van der Waals surface area contributed by atoms with Gasteiger partial charge < -0.3 is 24.5 Å². The lowest BCUT2D eigenvalue weighted by molar-refractivity contribution is 0.0203. The van der Waals surface area contributed by atoms with Gasteiger partial charge in [-0.05, 0) is 36.6 Å². The maximum Gasteiger partial charge on any atom is 0.236 e. The molecular formula is C19H28N4O3S. The predicted octanol–water partition coefficient (Wildman–Crippen LogP) is 2.90. The Morgan fingerprint density at radius 1 is 1.37 bits per heavy atom. The fraction of sp³-hybridized carbons (Fsp3) is 0.579. The monoisotopic (exact) mass is 392 g/mol. The van der Waals surface area contributed by atoms with E-state index >= 15 is 0 Å². The summed E-state index contributed by atoms with van der Waals surface area (Å²) in [5, 5.41) is 8.56. The van der Waals surface area contributed by atoms with Gasteiger partial charge in [-0.25, -0.2) is 4.98 Å². The van der Waals surface area contributed by atoms with Gasteiger partial charge in [-0.1, -0.05) is 6.07 Å². The van der Waals surface area contributed by atoms with Crippen LogP contribution in [0, 0.1) is 5.92 Å². The summed E-state index contributed by atoms with van der Waals surface area (Å²) < 4.78 is 16.7. The number of nitrogens with one attached hydrogen (secondary N) is 2. The van der Waals surface area contributed by atoms with E-state index in [0.29, 0.717) is 18.4 Å². The van der Waals surface area contributed by atoms with Crippen LogP contribution in [0.2, 0.25) is 0 Å². The quantitative estimate of drug-likeness (QED) is 0.388. The highest BCUT2D eigenvalue weighted by Crippen LogP contribution is 2.23. The fourth-order valence-electron chi connectivity index (χ4n) is 2.84. The van der Waals surface area contributed by atoms with Crippen LogP contribution in [-0.2, 0) is 16.0 Å². The SMILES string of the molecule is CN=C(NCCCOCC1CCOCC1)NCc1coc(-c2cccs2)n1. The van der Waals surface area contributed by atoms with Gasteiger partial charge in [0.2, 0.25) is 5.89 Å². The van der Waals surface area contributed by atoms with E-state index in [9.17, 15) is 0 Å². The van der Waals surface area contributed by atoms with Crippen LogP contribution in [0.4, 0.5) is 0 Å². The largest absolute Gasteiger partial charge is 0.443 e. The van der Waals surface area contributed by atoms with Gasteiger partial charge in [0.25, 0.3) is 0 Å². The van der Waals surface area contributed by atoms with Gasteiger partial charge in [0.15, 0.2) is 5.96 Å². The summed E-state index contributed by atoms with van der Waals surface area (Å²) in [5.74, 6) is 2.06. The van der Waals surface area contributed by atoms with Gasteiger partial charge in [0.1, 0.15) is 6.26 Å². The molecule has 0 saturated carbocycles. The molecule has 7 nitrogen and oxygen atoms in total. The summed E-state index contributed by atoms with van der Waals surface area (Å²) in [6, 6.07) is 3.99. The molecule has 3 heterocycles. The van der Waals surface area contributed by atoms with Gasteiger partial charge in [-0.3, -0.25) is 4.99 Å². The Morgan fingerprint density at radius 2 is 2.26 bits per heavy atom. The molecular weight excluding hydrogens is 364 g/mol. The van der Waals surface area contributed by atoms with E-state index in [0.717, 1.165) is 68.8 Å². The first-order valence-electron chi connectivity index (χ1n) is 9.43. The van der Waals surface area contributed by atoms with Gasteiger partial charge in [0.05, 0.1) is 17.1 Å². The number of thiophene rings is 1. The maximum atomic E-state index is 5.78. The number of oxazole rings is 1. The van der Waals surface area contributed by atoms with E-state index in [2.05, 4.69) is 20.6 Å². The predicted molar refractivity (Wildman–Crippen MR) is 107 cm³/mol. The van der Waals surface area contributed by atoms with E-state index in [1.54, 1.807) is 24.6 Å². The van der Waals surface area contributed by atoms with Crippen LogP contribution in [-0.4, -0.2) is 51.0 Å². The number of hydrogen-bond donors (Lipinski definition) is 2. The summed E-state index contributed by atoms with van der Waals surface area (Å²) in [7, 11) is 1.76. The second kappa shape index (κ2) is 11.1. The summed E-state index contributed by atoms with van der Waals surface area (Å²) >= 11 is 1.61. The Labute approximate surface area is 164 Å². The molecule has 2 aromatic heterocycles. The van der Waals surface area contributed by atoms with E-state index in [4.69, 9.17) is 13.9 Å². The van der Waals surface area contributed by atoms with Crippen LogP contribution in [0.15, 0.2) is 33.2 Å². The number of aliphatic imine (C=N–C) groups is 1. The standard InChI is InChI=1S/C19H28N4O3S/c1-20-19(21-7-3-8-25-13-15-5-9-24-10-6-15)22-12-16-14-26-18(23-16)17-4-2-11-27-17/h2,4,11,14-15H,3,5-10,12-13H2,1H3,(H2,20,21,22). The van der Waals surface area contributed by atoms with E-state index in [1.807, 2.05) is 17.5 Å². The topological polar surface area (TPSA) is 80.9 Å². The average Bonchev–Trinajstić information content (AvgIpc) is 3.39. The molecule has 148 valence electrons. The first-order chi connectivity index (χ1) is 13.3. The molecule has 3 rings (SSSR count). The summed E-state index contributed by atoms with van der Waals surface area (Å²) in [5.41, 5.74) is 0.848. The van der Waals surface area contributed by atoms with Crippen molar-refractivity contribution in [2.24, 2.45) is 10.9 Å². The Kier molecular flexibility index (Phi) is 8.13. The van der Waals surface area contributed by atoms with Gasteiger partial charge in [0, 0.05) is 40.0 Å². The smallest absolute Gasteiger partial charge is 0.236 e. The number of aromatic nitrogens is 1. The first kappa shape index (κ1) is 19.9. The van der Waals surface area contributed by atoms with Crippen LogP contribution < -0.4 is 10.6 Å². The lowest BCUT2D eigenvalue weighted by Crippen LogP contribution is -2.37. The Bertz CT molecular complexity index is 681. The molecule has 0 unspecified atom stereocenters. The Balaban J connectivity index is 1.28. The van der Waals surface area contributed by atoms with Crippen molar-refractivity contribution >= 4 is 17.3 Å². The molecule has 2 aromatic rings. The minimum absolute atomic E-state index is 0.564. The molecule has 0 aliphatic carbocycles. The molecule has 1 aliphatic rings. The third-order valence-corrected chi connectivity index (χ3v) is 5.25. The Hall–Kier alpha value is -1.90. The van der Waals surface area contributed by atoms with Gasteiger partial charge in [-0.15, -0.1) is 11.3 Å². The van der Waals surface area contributed by atoms with Gasteiger partial charge in [-0.2, -0.15) is 0 Å². The average molecular weight is 393 g/mol. The van der Waals surface area contributed by atoms with E-state index < -0.39 is 0 Å². The van der Waals surface area contributed by atoms with Crippen LogP contribution in [0.3, 0.4) is 0 Å². The minimum atomic E-state index is 0.564. The summed E-state index contributed by atoms with van der Waals surface area (Å²) in [6.07, 6.45) is 4.85. The van der Waals surface area contributed by atoms with Crippen LogP contribution in [0.25, 0.3) is 10.8 Å². The third-order valence-electron chi connectivity index (χ3n) is 4.40. The van der Waals surface area contributed by atoms with Crippen LogP contribution in [0.1, 0.15) is 25.0 Å². The van der Waals surface area contributed by atoms with Crippen LogP contribution >= 0.6 is 11.3 Å². The fourth-order valence-corrected chi connectivity index (χ4v) is 3.50. The first-order valence-corrected chi connectivity index (χ1v) is 10.3. The number of hydrogen-bond acceptors (Lipinski definition) is 6. The van der Waals surface area contributed by atoms with Crippen molar-refractivity contribution in [2.45, 2.75) is 25.8 Å². The number of nitrogens with zero attached hydrogens (tertiary/aromatic N) is 2. The maximum absolute atomic E-state index is 5.78. The van der Waals surface area contributed by atoms with Crippen molar-refractivity contribution in [1.82, 2.24) is 15.6 Å². The molecule has 0 amide bonds. The molecule has 0 atom stereocenters. The zero-order chi connectivity index (χ0) is 18.7. The van der Waals surface area contributed by atoms with Gasteiger partial charge >= 0.3 is 0 Å². The molecule has 1 fully saturated rings. The highest BCUT2D eigenvalue weighted by molar-refractivity contribution is 7.13. The van der Waals surface area contributed by atoms with E-state index in [1.165, 1.54) is 0 Å². The van der Waals surface area contributed by atoms with Crippen LogP contribution in [0.5, 0.6) is 0 Å². The number of rotatable bonds is 9. The van der Waals surface area contributed by atoms with Crippen molar-refractivity contribution in [3.63, 3.8) is 0 Å². The zero-order valence-electron chi connectivity index (χ0n) is 15.8. The molecule has 0 spiro atoms. The van der Waals surface area contributed by atoms with Crippen molar-refractivity contribution < 1.29 is 13.9 Å². The second-order valence-corrected chi connectivity index (χ2v) is 7.41. The van der Waals surface area contributed by atoms with Crippen molar-refractivity contribution in [2.75, 3.05) is 40.0 Å². The molecule has 27 heavy (non-hydrogen) atoms. The normalized spacial score (nSPS) is 15.8. The molecule has 0 radical (unpaired) electrons. The van der Waals surface area contributed by atoms with E-state index in [-0.39, 0.29) is 0 Å². The second-order valence-electron chi connectivity index (χ2n) is 6.46. The van der Waals surface area contributed by atoms with Crippen molar-refractivity contribution in [3.8, 4) is 10.8 Å². The highest BCUT2D eigenvalue weighted by Gasteiger charge is 2.13. The highest BCUT2D eigenvalue weighted by atomic mass is 32.1. The summed E-state index contributed by atoms with van der Waals surface area (Å²) in [4.78, 5) is 9.76. The lowest BCUT2D eigenvalue weighted by atomic mass is 10.0. The zero-order valence-corrected chi connectivity index (χ0v) is 16.6. The third kappa shape index (κ3) is 6.64. The lowest BCUT2D eigenvalue weighted by Gasteiger charge is -2.21. The minimum Gasteiger partial charge on any atom is -0.443 e. The van der Waals surface area contributed by atoms with Crippen molar-refractivity contribution in [3.05, 3.63) is 29.5 Å². The number of ether oxygens (including phenoxy) is 2. The molecule has 2 N–H and O–H groups in total. The molecule has 0 bridgehead atoms. The number of guanidine groups is 1. The van der Waals surface area contributed by atoms with Crippen molar-refractivity contribution in [1.29, 1.82) is 0 Å². The molecule has 0 aromatic carbocycles. The molecule has 1 aliphatic heterocycles. The molecule has 1 saturated heterocycles. The molecule has 8 heteroatoms. The Morgan fingerprint density at radius 3 is 3.04 bits per heavy atom.